The molecule has 0 N–H and O–H groups in total. The van der Waals surface area contributed by atoms with Gasteiger partial charge in [0.1, 0.15) is 11.9 Å². The number of carbonyl (C=O) groups is 1. The van der Waals surface area contributed by atoms with Gasteiger partial charge in [0, 0.05) is 44.5 Å². The molecule has 0 saturated carbocycles. The lowest BCUT2D eigenvalue weighted by molar-refractivity contribution is -0.130. The molecule has 3 rings (SSSR count). The first kappa shape index (κ1) is 14.6. The first-order valence-corrected chi connectivity index (χ1v) is 7.76. The van der Waals surface area contributed by atoms with Crippen molar-refractivity contribution in [3.63, 3.8) is 0 Å². The summed E-state index contributed by atoms with van der Waals surface area (Å²) < 4.78 is 7.96. The lowest BCUT2D eigenvalue weighted by Crippen LogP contribution is -2.30. The second-order valence-electron chi connectivity index (χ2n) is 5.58. The quantitative estimate of drug-likeness (QED) is 0.822. The molecule has 2 aromatic heterocycles. The number of pyridine rings is 1. The average Bonchev–Trinajstić information content (AvgIpc) is 3.20. The van der Waals surface area contributed by atoms with Crippen molar-refractivity contribution in [2.45, 2.75) is 31.9 Å². The SMILES string of the molecule is O=C(CCCn1cccc1)N1CC[C@H](Oc2cccnc2)C1. The Morgan fingerprint density at radius 1 is 1.32 bits per heavy atom. The minimum Gasteiger partial charge on any atom is -0.487 e. The Kier molecular flexibility index (Phi) is 4.73. The molecule has 2 aromatic rings. The van der Waals surface area contributed by atoms with Gasteiger partial charge in [0.05, 0.1) is 12.7 Å². The number of aromatic nitrogens is 2. The fourth-order valence-corrected chi connectivity index (χ4v) is 2.75. The zero-order valence-electron chi connectivity index (χ0n) is 12.6. The Balaban J connectivity index is 1.41. The van der Waals surface area contributed by atoms with Crippen LogP contribution in [0, 0.1) is 0 Å². The highest BCUT2D eigenvalue weighted by atomic mass is 16.5. The van der Waals surface area contributed by atoms with E-state index in [2.05, 4.69) is 9.55 Å². The fourth-order valence-electron chi connectivity index (χ4n) is 2.75. The van der Waals surface area contributed by atoms with E-state index in [9.17, 15) is 4.79 Å². The largest absolute Gasteiger partial charge is 0.487 e. The normalized spacial score (nSPS) is 17.6. The number of carbonyl (C=O) groups excluding carboxylic acids is 1. The van der Waals surface area contributed by atoms with E-state index in [1.165, 1.54) is 0 Å². The number of hydrogen-bond acceptors (Lipinski definition) is 3. The van der Waals surface area contributed by atoms with Crippen molar-refractivity contribution in [3.8, 4) is 5.75 Å². The third-order valence-electron chi connectivity index (χ3n) is 3.91. The van der Waals surface area contributed by atoms with Gasteiger partial charge >= 0.3 is 0 Å². The first-order valence-electron chi connectivity index (χ1n) is 7.76. The van der Waals surface area contributed by atoms with Crippen LogP contribution in [0.2, 0.25) is 0 Å². The van der Waals surface area contributed by atoms with Crippen molar-refractivity contribution in [1.82, 2.24) is 14.5 Å². The van der Waals surface area contributed by atoms with E-state index in [0.717, 1.165) is 31.7 Å². The molecule has 5 nitrogen and oxygen atoms in total. The van der Waals surface area contributed by atoms with Crippen LogP contribution >= 0.6 is 0 Å². The van der Waals surface area contributed by atoms with E-state index in [4.69, 9.17) is 4.74 Å². The third kappa shape index (κ3) is 3.87. The van der Waals surface area contributed by atoms with Crippen LogP contribution < -0.4 is 4.74 Å². The van der Waals surface area contributed by atoms with Gasteiger partial charge in [0.2, 0.25) is 5.91 Å². The van der Waals surface area contributed by atoms with Gasteiger partial charge < -0.3 is 14.2 Å². The van der Waals surface area contributed by atoms with Crippen LogP contribution in [-0.4, -0.2) is 39.6 Å². The summed E-state index contributed by atoms with van der Waals surface area (Å²) in [6, 6.07) is 7.76. The van der Waals surface area contributed by atoms with Gasteiger partial charge in [0.25, 0.3) is 0 Å². The molecule has 1 aliphatic rings. The summed E-state index contributed by atoms with van der Waals surface area (Å²) in [5, 5.41) is 0. The van der Waals surface area contributed by atoms with Crippen molar-refractivity contribution in [2.75, 3.05) is 13.1 Å². The average molecular weight is 299 g/mol. The summed E-state index contributed by atoms with van der Waals surface area (Å²) in [6.07, 6.45) is 9.92. The Bertz CT molecular complexity index is 583. The number of aryl methyl sites for hydroxylation is 1. The van der Waals surface area contributed by atoms with Crippen LogP contribution in [0.5, 0.6) is 5.75 Å². The first-order chi connectivity index (χ1) is 10.8. The summed E-state index contributed by atoms with van der Waals surface area (Å²) in [5.41, 5.74) is 0. The maximum atomic E-state index is 12.2. The Hall–Kier alpha value is -2.30. The minimum atomic E-state index is 0.0811. The molecule has 1 fully saturated rings. The van der Waals surface area contributed by atoms with Crippen molar-refractivity contribution in [1.29, 1.82) is 0 Å². The minimum absolute atomic E-state index is 0.0811. The van der Waals surface area contributed by atoms with Gasteiger partial charge in [-0.3, -0.25) is 9.78 Å². The lowest BCUT2D eigenvalue weighted by Gasteiger charge is -2.17. The number of rotatable bonds is 6. The maximum absolute atomic E-state index is 12.2. The number of ether oxygens (including phenoxy) is 1. The van der Waals surface area contributed by atoms with Crippen LogP contribution in [0.4, 0.5) is 0 Å². The van der Waals surface area contributed by atoms with Crippen LogP contribution in [0.1, 0.15) is 19.3 Å². The zero-order valence-corrected chi connectivity index (χ0v) is 12.6. The van der Waals surface area contributed by atoms with Gasteiger partial charge in [0.15, 0.2) is 0 Å². The molecule has 0 bridgehead atoms. The van der Waals surface area contributed by atoms with Crippen LogP contribution in [0.15, 0.2) is 49.1 Å². The molecule has 1 saturated heterocycles. The van der Waals surface area contributed by atoms with E-state index in [0.29, 0.717) is 13.0 Å². The smallest absolute Gasteiger partial charge is 0.222 e. The van der Waals surface area contributed by atoms with Gasteiger partial charge in [-0.2, -0.15) is 0 Å². The Labute approximate surface area is 130 Å². The van der Waals surface area contributed by atoms with E-state index in [1.54, 1.807) is 12.4 Å². The van der Waals surface area contributed by atoms with Crippen molar-refractivity contribution in [2.24, 2.45) is 0 Å². The molecular formula is C17H21N3O2. The van der Waals surface area contributed by atoms with Crippen LogP contribution in [-0.2, 0) is 11.3 Å². The van der Waals surface area contributed by atoms with Crippen molar-refractivity contribution in [3.05, 3.63) is 49.1 Å². The third-order valence-corrected chi connectivity index (χ3v) is 3.91. The number of amides is 1. The van der Waals surface area contributed by atoms with Gasteiger partial charge in [-0.15, -0.1) is 0 Å². The summed E-state index contributed by atoms with van der Waals surface area (Å²) in [6.45, 7) is 2.35. The molecule has 1 amide bonds. The second-order valence-corrected chi connectivity index (χ2v) is 5.58. The van der Waals surface area contributed by atoms with Gasteiger partial charge in [-0.05, 0) is 30.7 Å². The Morgan fingerprint density at radius 2 is 2.18 bits per heavy atom. The maximum Gasteiger partial charge on any atom is 0.222 e. The van der Waals surface area contributed by atoms with Crippen LogP contribution in [0.3, 0.4) is 0 Å². The van der Waals surface area contributed by atoms with Crippen molar-refractivity contribution < 1.29 is 9.53 Å². The molecule has 0 aliphatic carbocycles. The molecule has 0 aromatic carbocycles. The topological polar surface area (TPSA) is 47.4 Å². The molecule has 0 spiro atoms. The summed E-state index contributed by atoms with van der Waals surface area (Å²) in [7, 11) is 0. The molecule has 0 unspecified atom stereocenters. The molecule has 1 atom stereocenters. The highest BCUT2D eigenvalue weighted by Crippen LogP contribution is 2.18. The zero-order chi connectivity index (χ0) is 15.2. The molecule has 3 heterocycles. The van der Waals surface area contributed by atoms with Crippen molar-refractivity contribution >= 4 is 5.91 Å². The van der Waals surface area contributed by atoms with Crippen LogP contribution in [0.25, 0.3) is 0 Å². The molecule has 116 valence electrons. The molecule has 0 radical (unpaired) electrons. The summed E-state index contributed by atoms with van der Waals surface area (Å²) >= 11 is 0. The lowest BCUT2D eigenvalue weighted by atomic mass is 10.3. The predicted molar refractivity (Wildman–Crippen MR) is 83.5 cm³/mol. The van der Waals surface area contributed by atoms with E-state index >= 15 is 0 Å². The Morgan fingerprint density at radius 3 is 2.95 bits per heavy atom. The summed E-state index contributed by atoms with van der Waals surface area (Å²) in [5.74, 6) is 0.999. The van der Waals surface area contributed by atoms with E-state index in [1.807, 2.05) is 41.6 Å². The van der Waals surface area contributed by atoms with E-state index < -0.39 is 0 Å². The number of nitrogens with zero attached hydrogens (tertiary/aromatic N) is 3. The number of hydrogen-bond donors (Lipinski definition) is 0. The highest BCUT2D eigenvalue weighted by molar-refractivity contribution is 5.76. The second kappa shape index (κ2) is 7.11. The fraction of sp³-hybridized carbons (Fsp3) is 0.412. The molecular weight excluding hydrogens is 278 g/mol. The monoisotopic (exact) mass is 299 g/mol. The number of likely N-dealkylation sites (tertiary alicyclic amines) is 1. The van der Waals surface area contributed by atoms with Gasteiger partial charge in [-0.1, -0.05) is 0 Å². The van der Waals surface area contributed by atoms with Gasteiger partial charge in [-0.25, -0.2) is 0 Å². The molecule has 22 heavy (non-hydrogen) atoms. The highest BCUT2D eigenvalue weighted by Gasteiger charge is 2.27. The standard InChI is InChI=1S/C17H21N3O2/c21-17(6-4-11-19-9-1-2-10-19)20-12-7-16(14-20)22-15-5-3-8-18-13-15/h1-3,5,8-10,13,16H,4,6-7,11-12,14H2/t16-/m0/s1. The molecule has 1 aliphatic heterocycles. The summed E-state index contributed by atoms with van der Waals surface area (Å²) in [4.78, 5) is 18.2. The molecule has 5 heteroatoms. The predicted octanol–water partition coefficient (Wildman–Crippen LogP) is 2.34. The van der Waals surface area contributed by atoms with E-state index in [-0.39, 0.29) is 12.0 Å².